The molecule has 0 aliphatic rings. The summed E-state index contributed by atoms with van der Waals surface area (Å²) in [6.07, 6.45) is 0. The molecule has 104 valence electrons. The van der Waals surface area contributed by atoms with Gasteiger partial charge in [-0.3, -0.25) is 9.59 Å². The number of carbonyl (C=O) groups excluding carboxylic acids is 2. The molecule has 0 N–H and O–H groups in total. The van der Waals surface area contributed by atoms with Crippen LogP contribution in [0.2, 0.25) is 10.6 Å². The maximum atomic E-state index is 11.3. The first-order chi connectivity index (χ1) is 8.96. The van der Waals surface area contributed by atoms with E-state index in [0.29, 0.717) is 0 Å². The van der Waals surface area contributed by atoms with E-state index in [9.17, 15) is 9.59 Å². The highest BCUT2D eigenvalue weighted by Gasteiger charge is 2.19. The summed E-state index contributed by atoms with van der Waals surface area (Å²) in [7, 11) is 2.43. The number of rotatable bonds is 5. The van der Waals surface area contributed by atoms with E-state index in [0.717, 1.165) is 0 Å². The molecular weight excluding hydrogens is 299 g/mol. The Hall–Kier alpha value is -1.67. The summed E-state index contributed by atoms with van der Waals surface area (Å²) in [4.78, 5) is 34.9. The molecule has 1 aromatic rings. The molecule has 0 spiro atoms. The molecule has 1 rings (SSSR count). The Labute approximate surface area is 118 Å². The van der Waals surface area contributed by atoms with Crippen molar-refractivity contribution in [2.75, 3.05) is 32.2 Å². The van der Waals surface area contributed by atoms with Gasteiger partial charge in [-0.2, -0.15) is 15.0 Å². The van der Waals surface area contributed by atoms with Gasteiger partial charge in [0.25, 0.3) is 0 Å². The monoisotopic (exact) mass is 308 g/mol. The summed E-state index contributed by atoms with van der Waals surface area (Å²) in [5, 5.41) is -0.315. The summed E-state index contributed by atoms with van der Waals surface area (Å²) in [6, 6.07) is 0. The van der Waals surface area contributed by atoms with Gasteiger partial charge in [-0.15, -0.1) is 0 Å². The number of anilines is 1. The third-order valence-corrected chi connectivity index (χ3v) is 2.29. The molecule has 8 nitrogen and oxygen atoms in total. The van der Waals surface area contributed by atoms with Crippen LogP contribution in [0.3, 0.4) is 0 Å². The number of hydrogen-bond acceptors (Lipinski definition) is 8. The van der Waals surface area contributed by atoms with E-state index in [1.54, 1.807) is 0 Å². The molecule has 1 heterocycles. The van der Waals surface area contributed by atoms with Crippen molar-refractivity contribution in [2.24, 2.45) is 0 Å². The lowest BCUT2D eigenvalue weighted by molar-refractivity contribution is -0.140. The lowest BCUT2D eigenvalue weighted by atomic mass is 10.5. The average molecular weight is 309 g/mol. The third-order valence-electron chi connectivity index (χ3n) is 1.95. The van der Waals surface area contributed by atoms with Gasteiger partial charge in [0.1, 0.15) is 13.1 Å². The molecule has 10 heteroatoms. The van der Waals surface area contributed by atoms with Crippen molar-refractivity contribution in [1.29, 1.82) is 0 Å². The Balaban J connectivity index is 2.99. The second kappa shape index (κ2) is 7.05. The topological polar surface area (TPSA) is 94.5 Å². The van der Waals surface area contributed by atoms with E-state index in [4.69, 9.17) is 23.2 Å². The molecule has 0 amide bonds. The van der Waals surface area contributed by atoms with Crippen molar-refractivity contribution >= 4 is 41.1 Å². The van der Waals surface area contributed by atoms with Gasteiger partial charge in [-0.25, -0.2) is 0 Å². The van der Waals surface area contributed by atoms with Gasteiger partial charge in [0, 0.05) is 0 Å². The molecule has 0 aromatic carbocycles. The van der Waals surface area contributed by atoms with Crippen LogP contribution in [-0.2, 0) is 19.1 Å². The maximum Gasteiger partial charge on any atom is 0.325 e. The number of esters is 2. The predicted molar refractivity (Wildman–Crippen MR) is 66.1 cm³/mol. The molecule has 0 aliphatic heterocycles. The summed E-state index contributed by atoms with van der Waals surface area (Å²) >= 11 is 11.3. The van der Waals surface area contributed by atoms with Crippen LogP contribution in [0.4, 0.5) is 5.95 Å². The van der Waals surface area contributed by atoms with Crippen LogP contribution in [0.1, 0.15) is 0 Å². The normalized spacial score (nSPS) is 9.89. The van der Waals surface area contributed by atoms with Crippen LogP contribution < -0.4 is 4.90 Å². The molecule has 0 unspecified atom stereocenters. The van der Waals surface area contributed by atoms with Gasteiger partial charge in [0.2, 0.25) is 16.5 Å². The van der Waals surface area contributed by atoms with Gasteiger partial charge < -0.3 is 14.4 Å². The molecule has 0 saturated heterocycles. The zero-order valence-corrected chi connectivity index (χ0v) is 11.6. The fourth-order valence-electron chi connectivity index (χ4n) is 1.10. The number of methoxy groups -OCH3 is 2. The quantitative estimate of drug-likeness (QED) is 0.718. The number of halogens is 2. The molecule has 1 aromatic heterocycles. The van der Waals surface area contributed by atoms with E-state index >= 15 is 0 Å². The number of nitrogens with zero attached hydrogens (tertiary/aromatic N) is 4. The Morgan fingerprint density at radius 2 is 1.42 bits per heavy atom. The van der Waals surface area contributed by atoms with Crippen molar-refractivity contribution in [1.82, 2.24) is 15.0 Å². The molecule has 19 heavy (non-hydrogen) atoms. The standard InChI is InChI=1S/C9H10Cl2N4O4/c1-18-5(16)3-15(4-6(17)19-2)9-13-7(10)12-8(11)14-9/h3-4H2,1-2H3. The Morgan fingerprint density at radius 3 is 1.79 bits per heavy atom. The highest BCUT2D eigenvalue weighted by molar-refractivity contribution is 6.31. The molecule has 0 saturated carbocycles. The Bertz CT molecular complexity index is 447. The van der Waals surface area contributed by atoms with Crippen LogP contribution in [0.5, 0.6) is 0 Å². The second-order valence-corrected chi connectivity index (χ2v) is 3.86. The van der Waals surface area contributed by atoms with Crippen molar-refractivity contribution in [3.63, 3.8) is 0 Å². The number of aromatic nitrogens is 3. The molecule has 0 radical (unpaired) electrons. The van der Waals surface area contributed by atoms with Crippen LogP contribution >= 0.6 is 23.2 Å². The first-order valence-corrected chi connectivity index (χ1v) is 5.67. The van der Waals surface area contributed by atoms with Crippen LogP contribution in [-0.4, -0.2) is 54.2 Å². The van der Waals surface area contributed by atoms with E-state index in [1.807, 2.05) is 0 Å². The fraction of sp³-hybridized carbons (Fsp3) is 0.444. The molecule has 0 aliphatic carbocycles. The minimum atomic E-state index is -0.587. The third kappa shape index (κ3) is 4.84. The van der Waals surface area contributed by atoms with Crippen molar-refractivity contribution in [3.05, 3.63) is 10.6 Å². The number of hydrogen-bond donors (Lipinski definition) is 0. The van der Waals surface area contributed by atoms with E-state index in [-0.39, 0.29) is 29.6 Å². The minimum absolute atomic E-state index is 0.0270. The van der Waals surface area contributed by atoms with Gasteiger partial charge >= 0.3 is 11.9 Å². The SMILES string of the molecule is COC(=O)CN(CC(=O)OC)c1nc(Cl)nc(Cl)n1. The maximum absolute atomic E-state index is 11.3. The fourth-order valence-corrected chi connectivity index (χ4v) is 1.45. The van der Waals surface area contributed by atoms with Gasteiger partial charge in [0.05, 0.1) is 14.2 Å². The number of ether oxygens (including phenoxy) is 2. The van der Waals surface area contributed by atoms with E-state index < -0.39 is 11.9 Å². The molecular formula is C9H10Cl2N4O4. The second-order valence-electron chi connectivity index (χ2n) is 3.18. The van der Waals surface area contributed by atoms with Crippen LogP contribution in [0.25, 0.3) is 0 Å². The van der Waals surface area contributed by atoms with Gasteiger partial charge in [0.15, 0.2) is 0 Å². The van der Waals surface area contributed by atoms with E-state index in [2.05, 4.69) is 24.4 Å². The summed E-state index contributed by atoms with van der Waals surface area (Å²) < 4.78 is 9.02. The lowest BCUT2D eigenvalue weighted by Gasteiger charge is -2.19. The molecule has 0 atom stereocenters. The van der Waals surface area contributed by atoms with Crippen molar-refractivity contribution < 1.29 is 19.1 Å². The first-order valence-electron chi connectivity index (χ1n) is 4.92. The highest BCUT2D eigenvalue weighted by atomic mass is 35.5. The van der Waals surface area contributed by atoms with Gasteiger partial charge in [-0.05, 0) is 23.2 Å². The van der Waals surface area contributed by atoms with Crippen molar-refractivity contribution in [2.45, 2.75) is 0 Å². The van der Waals surface area contributed by atoms with Crippen LogP contribution in [0, 0.1) is 0 Å². The number of carbonyl (C=O) groups is 2. The summed E-state index contributed by atoms with van der Waals surface area (Å²) in [5.74, 6) is -1.20. The van der Waals surface area contributed by atoms with Gasteiger partial charge in [-0.1, -0.05) is 0 Å². The van der Waals surface area contributed by atoms with Crippen LogP contribution in [0.15, 0.2) is 0 Å². The Kier molecular flexibility index (Phi) is 5.71. The zero-order valence-electron chi connectivity index (χ0n) is 10.1. The molecule has 0 bridgehead atoms. The highest BCUT2D eigenvalue weighted by Crippen LogP contribution is 2.13. The smallest absolute Gasteiger partial charge is 0.325 e. The molecule has 0 fully saturated rings. The average Bonchev–Trinajstić information content (AvgIpc) is 2.36. The minimum Gasteiger partial charge on any atom is -0.468 e. The largest absolute Gasteiger partial charge is 0.468 e. The van der Waals surface area contributed by atoms with E-state index in [1.165, 1.54) is 19.1 Å². The summed E-state index contributed by atoms with van der Waals surface area (Å²) in [6.45, 7) is -0.523. The lowest BCUT2D eigenvalue weighted by Crippen LogP contribution is -2.37. The van der Waals surface area contributed by atoms with Crippen molar-refractivity contribution in [3.8, 4) is 0 Å². The predicted octanol–water partition coefficient (Wildman–Crippen LogP) is 0.331. The first kappa shape index (κ1) is 15.4. The summed E-state index contributed by atoms with van der Waals surface area (Å²) in [5.41, 5.74) is 0. The zero-order chi connectivity index (χ0) is 14.4. The Morgan fingerprint density at radius 1 is 1.00 bits per heavy atom.